The third-order valence-corrected chi connectivity index (χ3v) is 3.01. The molecule has 1 unspecified atom stereocenters. The SMILES string of the molecule is CC1=[C-]C(C)C(C)=C1C.[CH3-].[CH3-].[NH-]c1ccccc1.[Ti]=[Ge]. The van der Waals surface area contributed by atoms with Gasteiger partial charge in [0.25, 0.3) is 0 Å². The van der Waals surface area contributed by atoms with Crippen LogP contribution < -0.4 is 0 Å². The molecule has 1 aromatic carbocycles. The van der Waals surface area contributed by atoms with E-state index in [1.807, 2.05) is 48.9 Å². The summed E-state index contributed by atoms with van der Waals surface area (Å²) in [6, 6.07) is 9.10. The predicted molar refractivity (Wildman–Crippen MR) is 89.0 cm³/mol. The first-order chi connectivity index (χ1) is 8.52. The van der Waals surface area contributed by atoms with E-state index >= 15 is 0 Å². The van der Waals surface area contributed by atoms with E-state index in [4.69, 9.17) is 5.73 Å². The van der Waals surface area contributed by atoms with Crippen LogP contribution in [0, 0.1) is 26.8 Å². The minimum absolute atomic E-state index is 0. The number of rotatable bonds is 0. The van der Waals surface area contributed by atoms with E-state index in [1.165, 1.54) is 16.7 Å². The van der Waals surface area contributed by atoms with Gasteiger partial charge in [-0.25, -0.2) is 5.57 Å². The second-order valence-electron chi connectivity index (χ2n) is 4.17. The van der Waals surface area contributed by atoms with Crippen molar-refractivity contribution in [2.75, 3.05) is 0 Å². The molecule has 1 N–H and O–H groups in total. The zero-order valence-electron chi connectivity index (χ0n) is 13.5. The van der Waals surface area contributed by atoms with Crippen molar-refractivity contribution in [2.45, 2.75) is 27.7 Å². The van der Waals surface area contributed by atoms with Crippen molar-refractivity contribution < 1.29 is 17.6 Å². The molecule has 0 saturated carbocycles. The van der Waals surface area contributed by atoms with Gasteiger partial charge < -0.3 is 20.6 Å². The Bertz CT molecular complexity index is 424. The molecule has 0 bridgehead atoms. The van der Waals surface area contributed by atoms with Gasteiger partial charge >= 0.3 is 30.7 Å². The Kier molecular flexibility index (Phi) is 17.0. The van der Waals surface area contributed by atoms with Crippen molar-refractivity contribution in [1.82, 2.24) is 0 Å². The summed E-state index contributed by atoms with van der Waals surface area (Å²) < 4.78 is 0. The molecule has 1 aliphatic rings. The minimum atomic E-state index is 0. The van der Waals surface area contributed by atoms with Crippen LogP contribution >= 0.6 is 0 Å². The van der Waals surface area contributed by atoms with Gasteiger partial charge in [0.2, 0.25) is 0 Å². The molecule has 0 heterocycles. The average Bonchev–Trinajstić information content (AvgIpc) is 2.60. The topological polar surface area (TPSA) is 23.8 Å². The van der Waals surface area contributed by atoms with Gasteiger partial charge in [0.15, 0.2) is 0 Å². The van der Waals surface area contributed by atoms with E-state index in [0.29, 0.717) is 11.6 Å². The van der Waals surface area contributed by atoms with Gasteiger partial charge in [0.05, 0.1) is 0 Å². The van der Waals surface area contributed by atoms with E-state index < -0.39 is 0 Å². The van der Waals surface area contributed by atoms with Crippen molar-refractivity contribution in [1.29, 1.82) is 0 Å². The molecule has 0 aliphatic heterocycles. The van der Waals surface area contributed by atoms with E-state index in [-0.39, 0.29) is 14.9 Å². The summed E-state index contributed by atoms with van der Waals surface area (Å²) in [4.78, 5) is 0. The van der Waals surface area contributed by atoms with E-state index in [0.717, 1.165) is 0 Å². The number of hydrogen-bond acceptors (Lipinski definition) is 0. The van der Waals surface area contributed by atoms with Crippen molar-refractivity contribution in [3.8, 4) is 0 Å². The standard InChI is InChI=1S/C9H13.C6H6N.2CH3.Ge.Ti/c1-6-5-7(2)9(4)8(6)3;7-6-4-2-1-3-5-6;;;;/h6H,1-4H3;1-5,7H;2*1H3;;/q4*-1;;. The quantitative estimate of drug-likeness (QED) is 0.422. The molecule has 3 heteroatoms. The molecule has 20 heavy (non-hydrogen) atoms. The Hall–Kier alpha value is -0.243. The molecule has 2 rings (SSSR count). The monoisotopic (exact) mass is 365 g/mol. The molecule has 110 valence electrons. The summed E-state index contributed by atoms with van der Waals surface area (Å²) in [6.45, 7) is 8.67. The van der Waals surface area contributed by atoms with Gasteiger partial charge in [0.1, 0.15) is 0 Å². The molecule has 0 aromatic heterocycles. The normalized spacial score (nSPS) is 15.3. The van der Waals surface area contributed by atoms with Gasteiger partial charge in [-0.05, 0) is 0 Å². The first-order valence-corrected chi connectivity index (χ1v) is 10.9. The third kappa shape index (κ3) is 8.83. The fourth-order valence-electron chi connectivity index (χ4n) is 1.60. The van der Waals surface area contributed by atoms with Crippen LogP contribution in [0.1, 0.15) is 27.7 Å². The van der Waals surface area contributed by atoms with Crippen molar-refractivity contribution in [3.05, 3.63) is 73.7 Å². The molecule has 1 aliphatic carbocycles. The first kappa shape index (κ1) is 24.8. The summed E-state index contributed by atoms with van der Waals surface area (Å²) in [7, 11) is 0. The van der Waals surface area contributed by atoms with Crippen molar-refractivity contribution >= 4 is 18.8 Å². The van der Waals surface area contributed by atoms with Crippen LogP contribution in [0.25, 0.3) is 5.73 Å². The van der Waals surface area contributed by atoms with Crippen LogP contribution in [0.2, 0.25) is 0 Å². The van der Waals surface area contributed by atoms with Crippen LogP contribution in [0.15, 0.2) is 47.1 Å². The fraction of sp³-hybridized carbons (Fsp3) is 0.294. The summed E-state index contributed by atoms with van der Waals surface area (Å²) in [5, 5.41) is 0. The summed E-state index contributed by atoms with van der Waals surface area (Å²) in [6.07, 6.45) is 3.36. The van der Waals surface area contributed by atoms with Crippen LogP contribution in [-0.2, 0) is 17.6 Å². The molecule has 1 atom stereocenters. The van der Waals surface area contributed by atoms with E-state index in [9.17, 15) is 0 Å². The summed E-state index contributed by atoms with van der Waals surface area (Å²) in [5.41, 5.74) is 11.8. The molecule has 0 fully saturated rings. The summed E-state index contributed by atoms with van der Waals surface area (Å²) in [5.74, 6) is 0.560. The van der Waals surface area contributed by atoms with Gasteiger partial charge in [-0.3, -0.25) is 6.08 Å². The second-order valence-corrected chi connectivity index (χ2v) is 4.17. The van der Waals surface area contributed by atoms with Crippen molar-refractivity contribution in [3.63, 3.8) is 0 Å². The van der Waals surface area contributed by atoms with Crippen LogP contribution in [-0.4, -0.2) is 13.1 Å². The maximum atomic E-state index is 7.00. The zero-order valence-corrected chi connectivity index (χ0v) is 17.1. The fourth-order valence-corrected chi connectivity index (χ4v) is 1.60. The van der Waals surface area contributed by atoms with Gasteiger partial charge in [-0.15, -0.1) is 12.6 Å². The zero-order chi connectivity index (χ0) is 14.1. The molecule has 0 amide bonds. The molecule has 2 radical (unpaired) electrons. The first-order valence-electron chi connectivity index (χ1n) is 5.82. The van der Waals surface area contributed by atoms with Gasteiger partial charge in [0, 0.05) is 0 Å². The Morgan fingerprint density at radius 2 is 1.50 bits per heavy atom. The molecule has 1 aromatic rings. The third-order valence-electron chi connectivity index (χ3n) is 3.01. The predicted octanol–water partition coefficient (Wildman–Crippen LogP) is 5.61. The Labute approximate surface area is 143 Å². The van der Waals surface area contributed by atoms with Crippen LogP contribution in [0.4, 0.5) is 5.69 Å². The maximum absolute atomic E-state index is 7.00. The second kappa shape index (κ2) is 13.7. The van der Waals surface area contributed by atoms with E-state index in [2.05, 4.69) is 33.8 Å². The Balaban J connectivity index is -0.000000240. The Morgan fingerprint density at radius 3 is 1.65 bits per heavy atom. The molecular formula is C17H25GeNTi-4. The van der Waals surface area contributed by atoms with Crippen LogP contribution in [0.3, 0.4) is 0 Å². The van der Waals surface area contributed by atoms with Gasteiger partial charge in [-0.1, -0.05) is 57.0 Å². The van der Waals surface area contributed by atoms with Crippen molar-refractivity contribution in [2.24, 2.45) is 5.92 Å². The average molecular weight is 364 g/mol. The molecule has 0 spiro atoms. The number of allylic oxidation sites excluding steroid dienone is 4. The summed E-state index contributed by atoms with van der Waals surface area (Å²) >= 11 is 4.00. The number of hydrogen-bond donors (Lipinski definition) is 0. The molecule has 0 saturated heterocycles. The Morgan fingerprint density at radius 1 is 1.05 bits per heavy atom. The number of benzene rings is 1. The van der Waals surface area contributed by atoms with Gasteiger partial charge in [-0.2, -0.15) is 11.1 Å². The molecule has 1 nitrogen and oxygen atoms in total. The molecular weight excluding hydrogens is 339 g/mol. The van der Waals surface area contributed by atoms with Crippen LogP contribution in [0.5, 0.6) is 0 Å². The number of nitrogens with one attached hydrogen (secondary N) is 1. The van der Waals surface area contributed by atoms with E-state index in [1.54, 1.807) is 12.1 Å².